The van der Waals surface area contributed by atoms with Gasteiger partial charge in [-0.3, -0.25) is 19.3 Å². The molecule has 1 aromatic heterocycles. The number of nitrogens with one attached hydrogen (secondary N) is 1. The number of hydrogen-bond donors (Lipinski definition) is 1. The highest BCUT2D eigenvalue weighted by molar-refractivity contribution is 6.03. The molecule has 0 aliphatic heterocycles. The maximum absolute atomic E-state index is 14.2. The summed E-state index contributed by atoms with van der Waals surface area (Å²) in [5, 5.41) is 11.5. The van der Waals surface area contributed by atoms with Gasteiger partial charge in [0.2, 0.25) is 11.8 Å². The Labute approximate surface area is 222 Å². The van der Waals surface area contributed by atoms with Gasteiger partial charge in [-0.2, -0.15) is 0 Å². The van der Waals surface area contributed by atoms with Crippen molar-refractivity contribution in [2.24, 2.45) is 0 Å². The van der Waals surface area contributed by atoms with Crippen LogP contribution >= 0.6 is 0 Å². The molecule has 196 valence electrons. The van der Waals surface area contributed by atoms with Gasteiger partial charge in [-0.25, -0.2) is 4.68 Å². The molecule has 8 nitrogen and oxygen atoms in total. The average molecular weight is 512 g/mol. The van der Waals surface area contributed by atoms with Gasteiger partial charge in [0.15, 0.2) is 5.78 Å². The molecule has 0 saturated carbocycles. The summed E-state index contributed by atoms with van der Waals surface area (Å²) in [5.74, 6) is -0.805. The maximum Gasteiger partial charge on any atom is 0.249 e. The second-order valence-corrected chi connectivity index (χ2v) is 10.1. The van der Waals surface area contributed by atoms with Crippen molar-refractivity contribution < 1.29 is 14.4 Å². The van der Waals surface area contributed by atoms with Crippen LogP contribution in [0.5, 0.6) is 0 Å². The molecule has 1 N–H and O–H groups in total. The van der Waals surface area contributed by atoms with E-state index in [1.165, 1.54) is 16.5 Å². The minimum atomic E-state index is -0.980. The molecule has 0 radical (unpaired) electrons. The average Bonchev–Trinajstić information content (AvgIpc) is 3.30. The van der Waals surface area contributed by atoms with Crippen LogP contribution < -0.4 is 10.2 Å². The number of aromatic nitrogens is 3. The van der Waals surface area contributed by atoms with Gasteiger partial charge in [0, 0.05) is 16.8 Å². The van der Waals surface area contributed by atoms with Crippen molar-refractivity contribution >= 4 is 34.3 Å². The lowest BCUT2D eigenvalue weighted by molar-refractivity contribution is -0.128. The molecule has 0 aliphatic rings. The number of rotatable bonds is 9. The van der Waals surface area contributed by atoms with Gasteiger partial charge in [-0.15, -0.1) is 5.10 Å². The Bertz CT molecular complexity index is 1490. The zero-order chi connectivity index (χ0) is 27.4. The number of carbonyl (C=O) groups is 3. The van der Waals surface area contributed by atoms with Crippen LogP contribution in [0.15, 0.2) is 72.8 Å². The van der Waals surface area contributed by atoms with Gasteiger partial charge in [0.05, 0.1) is 5.52 Å². The van der Waals surface area contributed by atoms with E-state index in [0.29, 0.717) is 34.3 Å². The number of nitrogens with zero attached hydrogens (tertiary/aromatic N) is 4. The van der Waals surface area contributed by atoms with Crippen LogP contribution in [0.1, 0.15) is 61.6 Å². The summed E-state index contributed by atoms with van der Waals surface area (Å²) in [7, 11) is 0. The summed E-state index contributed by atoms with van der Waals surface area (Å²) in [6.45, 7) is 9.14. The van der Waals surface area contributed by atoms with Crippen LogP contribution in [0.25, 0.3) is 11.0 Å². The van der Waals surface area contributed by atoms with Crippen molar-refractivity contribution in [3.05, 3.63) is 89.5 Å². The van der Waals surface area contributed by atoms with Crippen molar-refractivity contribution in [2.45, 2.75) is 59.2 Å². The molecule has 0 saturated heterocycles. The van der Waals surface area contributed by atoms with Crippen molar-refractivity contribution in [3.8, 4) is 0 Å². The summed E-state index contributed by atoms with van der Waals surface area (Å²) in [4.78, 5) is 41.9. The van der Waals surface area contributed by atoms with E-state index >= 15 is 0 Å². The Morgan fingerprint density at radius 3 is 2.42 bits per heavy atom. The van der Waals surface area contributed by atoms with Gasteiger partial charge in [-0.05, 0) is 69.5 Å². The normalized spacial score (nSPS) is 12.2. The summed E-state index contributed by atoms with van der Waals surface area (Å²) < 4.78 is 1.53. The van der Waals surface area contributed by atoms with Gasteiger partial charge >= 0.3 is 0 Å². The number of carbonyl (C=O) groups excluding carboxylic acids is 3. The standard InChI is InChI=1S/C30H33N5O3/c1-6-30(4,5)31-29(38)28(24-15-8-7-12-20(24)2)35(23-14-11-13-22(18-23)21(3)36)27(37)19-34-26-17-10-9-16-25(26)32-33-34/h7-18,28H,6,19H2,1-5H3,(H,31,38)/t28-/m0/s1. The van der Waals surface area contributed by atoms with E-state index in [2.05, 4.69) is 15.6 Å². The summed E-state index contributed by atoms with van der Waals surface area (Å²) in [5.41, 5.74) is 3.35. The third-order valence-electron chi connectivity index (χ3n) is 6.84. The highest BCUT2D eigenvalue weighted by Crippen LogP contribution is 2.32. The number of para-hydroxylation sites is 1. The van der Waals surface area contributed by atoms with Crippen molar-refractivity contribution in [3.63, 3.8) is 0 Å². The first-order chi connectivity index (χ1) is 18.1. The van der Waals surface area contributed by atoms with Crippen LogP contribution in [0.3, 0.4) is 0 Å². The number of hydrogen-bond acceptors (Lipinski definition) is 5. The van der Waals surface area contributed by atoms with Gasteiger partial charge < -0.3 is 5.32 Å². The Kier molecular flexibility index (Phi) is 7.71. The van der Waals surface area contributed by atoms with E-state index < -0.39 is 11.6 Å². The fraction of sp³-hybridized carbons (Fsp3) is 0.300. The molecular formula is C30H33N5O3. The third kappa shape index (κ3) is 5.64. The topological polar surface area (TPSA) is 97.2 Å². The number of anilines is 1. The minimum absolute atomic E-state index is 0.134. The Balaban J connectivity index is 1.88. The molecule has 0 spiro atoms. The minimum Gasteiger partial charge on any atom is -0.349 e. The zero-order valence-corrected chi connectivity index (χ0v) is 22.4. The van der Waals surface area contributed by atoms with E-state index in [1.807, 2.05) is 76.2 Å². The van der Waals surface area contributed by atoms with E-state index in [4.69, 9.17) is 0 Å². The first-order valence-corrected chi connectivity index (χ1v) is 12.7. The highest BCUT2D eigenvalue weighted by Gasteiger charge is 2.36. The molecule has 8 heteroatoms. The van der Waals surface area contributed by atoms with Crippen molar-refractivity contribution in [2.75, 3.05) is 4.90 Å². The number of fused-ring (bicyclic) bond motifs is 1. The Morgan fingerprint density at radius 1 is 1.00 bits per heavy atom. The van der Waals surface area contributed by atoms with E-state index in [1.54, 1.807) is 24.3 Å². The van der Waals surface area contributed by atoms with Crippen LogP contribution in [0.4, 0.5) is 5.69 Å². The predicted octanol–water partition coefficient (Wildman–Crippen LogP) is 5.02. The molecule has 4 aromatic rings. The quantitative estimate of drug-likeness (QED) is 0.318. The Morgan fingerprint density at radius 2 is 1.71 bits per heavy atom. The molecule has 3 aromatic carbocycles. The molecule has 2 amide bonds. The molecule has 0 fully saturated rings. The SMILES string of the molecule is CCC(C)(C)NC(=O)[C@H](c1ccccc1C)N(C(=O)Cn1nnc2ccccc21)c1cccc(C(C)=O)c1. The lowest BCUT2D eigenvalue weighted by Gasteiger charge is -2.35. The zero-order valence-electron chi connectivity index (χ0n) is 22.4. The lowest BCUT2D eigenvalue weighted by Crippen LogP contribution is -2.51. The second kappa shape index (κ2) is 11.0. The molecule has 0 bridgehead atoms. The molecule has 1 heterocycles. The van der Waals surface area contributed by atoms with Crippen molar-refractivity contribution in [1.82, 2.24) is 20.3 Å². The summed E-state index contributed by atoms with van der Waals surface area (Å²) in [6.07, 6.45) is 0.706. The van der Waals surface area contributed by atoms with Crippen molar-refractivity contribution in [1.29, 1.82) is 0 Å². The molecule has 0 unspecified atom stereocenters. The second-order valence-electron chi connectivity index (χ2n) is 10.1. The molecule has 38 heavy (non-hydrogen) atoms. The van der Waals surface area contributed by atoms with Crippen LogP contribution in [0, 0.1) is 6.92 Å². The molecule has 0 aliphatic carbocycles. The van der Waals surface area contributed by atoms with Gasteiger partial charge in [-0.1, -0.05) is 60.7 Å². The largest absolute Gasteiger partial charge is 0.349 e. The van der Waals surface area contributed by atoms with Crippen LogP contribution in [-0.2, 0) is 16.1 Å². The monoisotopic (exact) mass is 511 g/mol. The lowest BCUT2D eigenvalue weighted by atomic mass is 9.95. The first-order valence-electron chi connectivity index (χ1n) is 12.7. The van der Waals surface area contributed by atoms with E-state index in [9.17, 15) is 14.4 Å². The third-order valence-corrected chi connectivity index (χ3v) is 6.84. The summed E-state index contributed by atoms with van der Waals surface area (Å²) >= 11 is 0. The van der Waals surface area contributed by atoms with Gasteiger partial charge in [0.25, 0.3) is 0 Å². The number of Topliss-reactive ketones (excluding diaryl/α,β-unsaturated/α-hetero) is 1. The fourth-order valence-electron chi connectivity index (χ4n) is 4.33. The molecule has 4 rings (SSSR count). The fourth-order valence-corrected chi connectivity index (χ4v) is 4.33. The first kappa shape index (κ1) is 26.7. The van der Waals surface area contributed by atoms with Gasteiger partial charge in [0.1, 0.15) is 18.1 Å². The molecule has 1 atom stereocenters. The summed E-state index contributed by atoms with van der Waals surface area (Å²) in [6, 6.07) is 20.8. The van der Waals surface area contributed by atoms with E-state index in [0.717, 1.165) is 5.56 Å². The van der Waals surface area contributed by atoms with Crippen LogP contribution in [0.2, 0.25) is 0 Å². The molecular weight excluding hydrogens is 478 g/mol. The van der Waals surface area contributed by atoms with E-state index in [-0.39, 0.29) is 24.1 Å². The number of amides is 2. The number of ketones is 1. The number of aryl methyl sites for hydroxylation is 1. The highest BCUT2D eigenvalue weighted by atomic mass is 16.2. The maximum atomic E-state index is 14.2. The van der Waals surface area contributed by atoms with Crippen LogP contribution in [-0.4, -0.2) is 38.1 Å². The smallest absolute Gasteiger partial charge is 0.249 e. The Hall–Kier alpha value is -4.33. The predicted molar refractivity (Wildman–Crippen MR) is 148 cm³/mol. The number of benzene rings is 3.